The molecule has 0 saturated carbocycles. The Morgan fingerprint density at radius 3 is 2.47 bits per heavy atom. The topological polar surface area (TPSA) is 97.0 Å². The quantitative estimate of drug-likeness (QED) is 0.475. The first-order valence-electron chi connectivity index (χ1n) is 11.8. The van der Waals surface area contributed by atoms with Gasteiger partial charge in [-0.05, 0) is 49.4 Å². The van der Waals surface area contributed by atoms with Gasteiger partial charge in [0.1, 0.15) is 11.5 Å². The van der Waals surface area contributed by atoms with E-state index in [0.29, 0.717) is 23.6 Å². The van der Waals surface area contributed by atoms with Crippen LogP contribution in [-0.4, -0.2) is 38.0 Å². The number of nitrogens with one attached hydrogen (secondary N) is 2. The molecule has 0 aliphatic carbocycles. The highest BCUT2D eigenvalue weighted by Crippen LogP contribution is 2.28. The van der Waals surface area contributed by atoms with Gasteiger partial charge < -0.3 is 25.0 Å². The molecular formula is C28H29N3O5. The van der Waals surface area contributed by atoms with Crippen molar-refractivity contribution in [1.29, 1.82) is 0 Å². The highest BCUT2D eigenvalue weighted by molar-refractivity contribution is 6.07. The van der Waals surface area contributed by atoms with Crippen LogP contribution >= 0.6 is 0 Å². The van der Waals surface area contributed by atoms with Gasteiger partial charge in [-0.25, -0.2) is 0 Å². The lowest BCUT2D eigenvalue weighted by Crippen LogP contribution is -2.29. The second-order valence-electron chi connectivity index (χ2n) is 8.36. The van der Waals surface area contributed by atoms with Crippen molar-refractivity contribution in [1.82, 2.24) is 5.32 Å². The van der Waals surface area contributed by atoms with Crippen LogP contribution in [-0.2, 0) is 16.1 Å². The van der Waals surface area contributed by atoms with E-state index >= 15 is 0 Å². The van der Waals surface area contributed by atoms with Crippen LogP contribution in [0.1, 0.15) is 29.3 Å². The summed E-state index contributed by atoms with van der Waals surface area (Å²) in [6.45, 7) is 3.01. The van der Waals surface area contributed by atoms with Gasteiger partial charge in [0, 0.05) is 30.8 Å². The standard InChI is InChI=1S/C28H29N3O5/c1-3-36-22-14-12-21(13-15-22)31-18-20(16-26(31)32)27(33)30-24-10-6-5-9-23(24)28(34)29-17-19-8-4-7-11-25(19)35-2/h4-15,20H,3,16-18H2,1-2H3,(H,29,34)(H,30,33). The van der Waals surface area contributed by atoms with Gasteiger partial charge in [-0.3, -0.25) is 14.4 Å². The first-order valence-corrected chi connectivity index (χ1v) is 11.8. The molecule has 0 bridgehead atoms. The number of para-hydroxylation sites is 2. The molecule has 8 nitrogen and oxygen atoms in total. The van der Waals surface area contributed by atoms with Crippen molar-refractivity contribution >= 4 is 29.1 Å². The molecule has 0 aromatic heterocycles. The van der Waals surface area contributed by atoms with Crippen LogP contribution in [0.3, 0.4) is 0 Å². The third-order valence-electron chi connectivity index (χ3n) is 6.02. The van der Waals surface area contributed by atoms with Crippen LogP contribution in [0.5, 0.6) is 11.5 Å². The summed E-state index contributed by atoms with van der Waals surface area (Å²) >= 11 is 0. The van der Waals surface area contributed by atoms with Gasteiger partial charge in [0.15, 0.2) is 0 Å². The third kappa shape index (κ3) is 5.66. The van der Waals surface area contributed by atoms with Gasteiger partial charge in [0.2, 0.25) is 11.8 Å². The molecule has 0 spiro atoms. The summed E-state index contributed by atoms with van der Waals surface area (Å²) in [7, 11) is 1.58. The summed E-state index contributed by atoms with van der Waals surface area (Å²) in [5.41, 5.74) is 2.30. The SMILES string of the molecule is CCOc1ccc(N2CC(C(=O)Nc3ccccc3C(=O)NCc3ccccc3OC)CC2=O)cc1. The van der Waals surface area contributed by atoms with Crippen LogP contribution in [0.2, 0.25) is 0 Å². The summed E-state index contributed by atoms with van der Waals surface area (Å²) in [5, 5.41) is 5.73. The molecule has 0 radical (unpaired) electrons. The Hall–Kier alpha value is -4.33. The lowest BCUT2D eigenvalue weighted by Gasteiger charge is -2.18. The predicted octanol–water partition coefficient (Wildman–Crippen LogP) is 4.02. The maximum atomic E-state index is 13.1. The van der Waals surface area contributed by atoms with Gasteiger partial charge in [0.05, 0.1) is 30.9 Å². The molecule has 3 aromatic carbocycles. The zero-order valence-corrected chi connectivity index (χ0v) is 20.3. The monoisotopic (exact) mass is 487 g/mol. The van der Waals surface area contributed by atoms with Crippen molar-refractivity contribution in [3.8, 4) is 11.5 Å². The van der Waals surface area contributed by atoms with E-state index in [-0.39, 0.29) is 37.2 Å². The van der Waals surface area contributed by atoms with E-state index in [1.165, 1.54) is 0 Å². The first kappa shape index (κ1) is 24.8. The van der Waals surface area contributed by atoms with Gasteiger partial charge >= 0.3 is 0 Å². The molecule has 1 aliphatic rings. The molecule has 1 saturated heterocycles. The lowest BCUT2D eigenvalue weighted by molar-refractivity contribution is -0.122. The third-order valence-corrected chi connectivity index (χ3v) is 6.02. The lowest BCUT2D eigenvalue weighted by atomic mass is 10.1. The number of carbonyl (C=O) groups excluding carboxylic acids is 3. The van der Waals surface area contributed by atoms with Crippen LogP contribution < -0.4 is 25.0 Å². The molecule has 1 aliphatic heterocycles. The Labute approximate surface area is 210 Å². The summed E-state index contributed by atoms with van der Waals surface area (Å²) in [6.07, 6.45) is 0.0984. The van der Waals surface area contributed by atoms with E-state index in [4.69, 9.17) is 9.47 Å². The fraction of sp³-hybridized carbons (Fsp3) is 0.250. The largest absolute Gasteiger partial charge is 0.496 e. The number of amides is 3. The van der Waals surface area contributed by atoms with Crippen LogP contribution in [0.15, 0.2) is 72.8 Å². The van der Waals surface area contributed by atoms with Crippen molar-refractivity contribution < 1.29 is 23.9 Å². The molecule has 1 fully saturated rings. The molecule has 186 valence electrons. The zero-order chi connectivity index (χ0) is 25.5. The maximum Gasteiger partial charge on any atom is 0.253 e. The summed E-state index contributed by atoms with van der Waals surface area (Å²) in [6, 6.07) is 21.5. The fourth-order valence-electron chi connectivity index (χ4n) is 4.17. The van der Waals surface area contributed by atoms with Gasteiger partial charge in [0.25, 0.3) is 5.91 Å². The Morgan fingerprint density at radius 1 is 1.00 bits per heavy atom. The average molecular weight is 488 g/mol. The van der Waals surface area contributed by atoms with Crippen LogP contribution in [0.25, 0.3) is 0 Å². The van der Waals surface area contributed by atoms with Gasteiger partial charge in [-0.15, -0.1) is 0 Å². The minimum atomic E-state index is -0.534. The van der Waals surface area contributed by atoms with E-state index < -0.39 is 5.92 Å². The summed E-state index contributed by atoms with van der Waals surface area (Å²) in [5.74, 6) is 0.123. The molecular weight excluding hydrogens is 458 g/mol. The van der Waals surface area contributed by atoms with Gasteiger partial charge in [-0.2, -0.15) is 0 Å². The molecule has 36 heavy (non-hydrogen) atoms. The molecule has 4 rings (SSSR count). The Kier molecular flexibility index (Phi) is 7.85. The number of anilines is 2. The molecule has 8 heteroatoms. The van der Waals surface area contributed by atoms with E-state index in [1.807, 2.05) is 43.3 Å². The molecule has 1 unspecified atom stereocenters. The second-order valence-corrected chi connectivity index (χ2v) is 8.36. The van der Waals surface area contributed by atoms with Crippen LogP contribution in [0, 0.1) is 5.92 Å². The predicted molar refractivity (Wildman–Crippen MR) is 137 cm³/mol. The number of ether oxygens (including phenoxy) is 2. The number of nitrogens with zero attached hydrogens (tertiary/aromatic N) is 1. The van der Waals surface area contributed by atoms with Crippen LogP contribution in [0.4, 0.5) is 11.4 Å². The Morgan fingerprint density at radius 2 is 1.72 bits per heavy atom. The zero-order valence-electron chi connectivity index (χ0n) is 20.3. The van der Waals surface area contributed by atoms with Crippen molar-refractivity contribution in [2.75, 3.05) is 30.5 Å². The summed E-state index contributed by atoms with van der Waals surface area (Å²) in [4.78, 5) is 40.2. The molecule has 3 amide bonds. The average Bonchev–Trinajstić information content (AvgIpc) is 3.30. The number of hydrogen-bond acceptors (Lipinski definition) is 5. The first-order chi connectivity index (χ1) is 17.5. The van der Waals surface area contributed by atoms with Crippen molar-refractivity contribution in [3.63, 3.8) is 0 Å². The number of benzene rings is 3. The van der Waals surface area contributed by atoms with Gasteiger partial charge in [-0.1, -0.05) is 30.3 Å². The molecule has 3 aromatic rings. The number of hydrogen-bond donors (Lipinski definition) is 2. The van der Waals surface area contributed by atoms with E-state index in [0.717, 1.165) is 17.0 Å². The van der Waals surface area contributed by atoms with E-state index in [2.05, 4.69) is 10.6 Å². The van der Waals surface area contributed by atoms with E-state index in [1.54, 1.807) is 48.4 Å². The van der Waals surface area contributed by atoms with E-state index in [9.17, 15) is 14.4 Å². The number of methoxy groups -OCH3 is 1. The highest BCUT2D eigenvalue weighted by atomic mass is 16.5. The minimum Gasteiger partial charge on any atom is -0.496 e. The summed E-state index contributed by atoms with van der Waals surface area (Å²) < 4.78 is 10.8. The number of rotatable bonds is 9. The molecule has 2 N–H and O–H groups in total. The smallest absolute Gasteiger partial charge is 0.253 e. The van der Waals surface area contributed by atoms with Crippen molar-refractivity contribution in [2.45, 2.75) is 19.9 Å². The fourth-order valence-corrected chi connectivity index (χ4v) is 4.17. The van der Waals surface area contributed by atoms with Crippen molar-refractivity contribution in [3.05, 3.63) is 83.9 Å². The highest BCUT2D eigenvalue weighted by Gasteiger charge is 2.35. The molecule has 1 atom stereocenters. The normalized spacial score (nSPS) is 14.9. The number of carbonyl (C=O) groups is 3. The van der Waals surface area contributed by atoms with Crippen molar-refractivity contribution in [2.24, 2.45) is 5.92 Å². The molecule has 1 heterocycles. The second kappa shape index (κ2) is 11.4. The Bertz CT molecular complexity index is 1240. The minimum absolute atomic E-state index is 0.0984. The Balaban J connectivity index is 1.40. The maximum absolute atomic E-state index is 13.1.